The minimum Gasteiger partial charge on any atom is -0.380 e. The maximum atomic E-state index is 11.8. The van der Waals surface area contributed by atoms with Crippen molar-refractivity contribution < 1.29 is 14.3 Å². The van der Waals surface area contributed by atoms with Gasteiger partial charge in [0.2, 0.25) is 5.91 Å². The van der Waals surface area contributed by atoms with Crippen LogP contribution >= 0.6 is 0 Å². The first-order valence-electron chi connectivity index (χ1n) is 9.59. The summed E-state index contributed by atoms with van der Waals surface area (Å²) in [6.45, 7) is 3.60. The third-order valence-electron chi connectivity index (χ3n) is 5.28. The molecule has 0 bridgehead atoms. The monoisotopic (exact) mass is 361 g/mol. The maximum Gasteiger partial charge on any atom is 0.248 e. The van der Waals surface area contributed by atoms with Crippen LogP contribution < -0.4 is 10.2 Å². The van der Waals surface area contributed by atoms with E-state index in [1.54, 1.807) is 19.0 Å². The average molecular weight is 361 g/mol. The zero-order valence-corrected chi connectivity index (χ0v) is 15.9. The quantitative estimate of drug-likeness (QED) is 0.832. The summed E-state index contributed by atoms with van der Waals surface area (Å²) >= 11 is 0. The van der Waals surface area contributed by atoms with Gasteiger partial charge in [-0.05, 0) is 31.4 Å². The Bertz CT molecular complexity index is 559. The van der Waals surface area contributed by atoms with Gasteiger partial charge in [0.15, 0.2) is 0 Å². The third-order valence-corrected chi connectivity index (χ3v) is 5.28. The number of nitrogens with zero attached hydrogens (tertiary/aromatic N) is 2. The Morgan fingerprint density at radius 3 is 2.65 bits per heavy atom. The predicted molar refractivity (Wildman–Crippen MR) is 102 cm³/mol. The molecule has 1 N–H and O–H groups in total. The average Bonchev–Trinajstić information content (AvgIpc) is 2.68. The molecule has 2 heterocycles. The number of ether oxygens (including phenoxy) is 2. The normalized spacial score (nSPS) is 24.5. The lowest BCUT2D eigenvalue weighted by Gasteiger charge is -2.39. The van der Waals surface area contributed by atoms with E-state index < -0.39 is 0 Å². The third kappa shape index (κ3) is 5.19. The van der Waals surface area contributed by atoms with Crippen LogP contribution in [0.2, 0.25) is 0 Å². The van der Waals surface area contributed by atoms with E-state index in [0.717, 1.165) is 32.4 Å². The molecule has 0 radical (unpaired) electrons. The fourth-order valence-electron chi connectivity index (χ4n) is 3.63. The summed E-state index contributed by atoms with van der Waals surface area (Å²) < 4.78 is 11.6. The number of carbonyl (C=O) groups excluding carboxylic acids is 1. The first-order chi connectivity index (χ1) is 12.6. The largest absolute Gasteiger partial charge is 0.380 e. The van der Waals surface area contributed by atoms with E-state index in [1.165, 1.54) is 5.69 Å². The van der Waals surface area contributed by atoms with Crippen molar-refractivity contribution in [1.82, 2.24) is 10.2 Å². The van der Waals surface area contributed by atoms with Gasteiger partial charge < -0.3 is 24.6 Å². The van der Waals surface area contributed by atoms with Gasteiger partial charge in [0, 0.05) is 45.5 Å². The van der Waals surface area contributed by atoms with Crippen LogP contribution in [0, 0.1) is 0 Å². The van der Waals surface area contributed by atoms with Gasteiger partial charge in [0.05, 0.1) is 18.8 Å². The minimum absolute atomic E-state index is 0.00594. The van der Waals surface area contributed by atoms with Gasteiger partial charge in [-0.25, -0.2) is 0 Å². The first kappa shape index (κ1) is 19.1. The molecule has 0 spiro atoms. The number of benzene rings is 1. The van der Waals surface area contributed by atoms with Crippen molar-refractivity contribution in [2.75, 3.05) is 51.9 Å². The van der Waals surface area contributed by atoms with Crippen molar-refractivity contribution in [3.8, 4) is 0 Å². The lowest BCUT2D eigenvalue weighted by molar-refractivity contribution is -0.139. The van der Waals surface area contributed by atoms with Crippen molar-refractivity contribution in [2.45, 2.75) is 37.5 Å². The molecule has 1 aromatic rings. The zero-order chi connectivity index (χ0) is 18.4. The summed E-state index contributed by atoms with van der Waals surface area (Å²) in [5.74, 6) is 0.00594. The fourth-order valence-corrected chi connectivity index (χ4v) is 3.63. The van der Waals surface area contributed by atoms with Gasteiger partial charge in [-0.1, -0.05) is 18.2 Å². The van der Waals surface area contributed by atoms with E-state index in [4.69, 9.17) is 9.47 Å². The lowest BCUT2D eigenvalue weighted by Crippen LogP contribution is -2.54. The first-order valence-corrected chi connectivity index (χ1v) is 9.59. The summed E-state index contributed by atoms with van der Waals surface area (Å²) in [4.78, 5) is 15.8. The molecule has 0 saturated carbocycles. The van der Waals surface area contributed by atoms with Gasteiger partial charge in [0.1, 0.15) is 6.61 Å². The Morgan fingerprint density at radius 2 is 1.96 bits per heavy atom. The summed E-state index contributed by atoms with van der Waals surface area (Å²) in [6, 6.07) is 11.2. The molecule has 1 amide bonds. The van der Waals surface area contributed by atoms with Crippen molar-refractivity contribution in [3.05, 3.63) is 30.3 Å². The molecular formula is C20H31N3O3. The summed E-state index contributed by atoms with van der Waals surface area (Å²) in [6.07, 6.45) is 3.09. The lowest BCUT2D eigenvalue weighted by atomic mass is 10.00. The maximum absolute atomic E-state index is 11.8. The van der Waals surface area contributed by atoms with E-state index in [2.05, 4.69) is 40.5 Å². The Balaban J connectivity index is 1.47. The van der Waals surface area contributed by atoms with E-state index in [-0.39, 0.29) is 24.7 Å². The van der Waals surface area contributed by atoms with Gasteiger partial charge in [-0.3, -0.25) is 4.79 Å². The molecule has 0 aliphatic carbocycles. The number of likely N-dealkylation sites (N-methyl/N-ethyl adjacent to an activating group) is 1. The van der Waals surface area contributed by atoms with Crippen LogP contribution in [0.25, 0.3) is 0 Å². The summed E-state index contributed by atoms with van der Waals surface area (Å²) in [5, 5.41) is 3.73. The van der Waals surface area contributed by atoms with Crippen LogP contribution in [-0.4, -0.2) is 76.0 Å². The van der Waals surface area contributed by atoms with Crippen LogP contribution in [-0.2, 0) is 14.3 Å². The molecule has 2 saturated heterocycles. The fraction of sp³-hybridized carbons (Fsp3) is 0.650. The van der Waals surface area contributed by atoms with Crippen LogP contribution in [0.15, 0.2) is 30.3 Å². The Hall–Kier alpha value is -1.63. The Labute approximate surface area is 156 Å². The Kier molecular flexibility index (Phi) is 6.88. The highest BCUT2D eigenvalue weighted by atomic mass is 16.5. The van der Waals surface area contributed by atoms with Crippen LogP contribution in [0.1, 0.15) is 19.3 Å². The molecule has 6 nitrogen and oxygen atoms in total. The number of para-hydroxylation sites is 1. The van der Waals surface area contributed by atoms with Gasteiger partial charge in [0.25, 0.3) is 0 Å². The molecule has 2 aliphatic rings. The topological polar surface area (TPSA) is 54.0 Å². The highest BCUT2D eigenvalue weighted by molar-refractivity contribution is 5.76. The number of anilines is 1. The van der Waals surface area contributed by atoms with Crippen molar-refractivity contribution >= 4 is 11.6 Å². The Morgan fingerprint density at radius 1 is 1.23 bits per heavy atom. The summed E-state index contributed by atoms with van der Waals surface area (Å²) in [7, 11) is 3.51. The molecule has 2 fully saturated rings. The highest BCUT2D eigenvalue weighted by Gasteiger charge is 2.30. The molecule has 0 aromatic heterocycles. The SMILES string of the molecule is CN(C)C(=O)CO[C@H]1CCOC[C@H]1NC1CCN(c2ccccc2)CC1. The molecule has 144 valence electrons. The number of amides is 1. The van der Waals surface area contributed by atoms with E-state index in [0.29, 0.717) is 19.3 Å². The number of nitrogens with one attached hydrogen (secondary N) is 1. The smallest absolute Gasteiger partial charge is 0.248 e. The van der Waals surface area contributed by atoms with Gasteiger partial charge >= 0.3 is 0 Å². The van der Waals surface area contributed by atoms with Gasteiger partial charge in [-0.15, -0.1) is 0 Å². The van der Waals surface area contributed by atoms with Crippen molar-refractivity contribution in [1.29, 1.82) is 0 Å². The second-order valence-electron chi connectivity index (χ2n) is 7.37. The predicted octanol–water partition coefficient (Wildman–Crippen LogP) is 1.51. The summed E-state index contributed by atoms with van der Waals surface area (Å²) in [5.41, 5.74) is 1.30. The molecular weight excluding hydrogens is 330 g/mol. The van der Waals surface area contributed by atoms with Crippen molar-refractivity contribution in [3.63, 3.8) is 0 Å². The number of carbonyl (C=O) groups is 1. The van der Waals surface area contributed by atoms with E-state index in [9.17, 15) is 4.79 Å². The van der Waals surface area contributed by atoms with Crippen LogP contribution in [0.4, 0.5) is 5.69 Å². The molecule has 0 unspecified atom stereocenters. The van der Waals surface area contributed by atoms with Crippen LogP contribution in [0.3, 0.4) is 0 Å². The second-order valence-corrected chi connectivity index (χ2v) is 7.37. The standard InChI is InChI=1S/C20H31N3O3/c1-22(2)20(24)15-26-19-10-13-25-14-18(19)21-16-8-11-23(12-9-16)17-6-4-3-5-7-17/h3-7,16,18-19,21H,8-15H2,1-2H3/t18-,19+/m1/s1. The number of hydrogen-bond donors (Lipinski definition) is 1. The zero-order valence-electron chi connectivity index (χ0n) is 15.9. The number of rotatable bonds is 6. The molecule has 3 rings (SSSR count). The minimum atomic E-state index is 0.00594. The highest BCUT2D eigenvalue weighted by Crippen LogP contribution is 2.21. The molecule has 1 aromatic carbocycles. The molecule has 26 heavy (non-hydrogen) atoms. The number of hydrogen-bond acceptors (Lipinski definition) is 5. The number of piperidine rings is 1. The van der Waals surface area contributed by atoms with E-state index >= 15 is 0 Å². The molecule has 6 heteroatoms. The van der Waals surface area contributed by atoms with Crippen LogP contribution in [0.5, 0.6) is 0 Å². The van der Waals surface area contributed by atoms with E-state index in [1.807, 2.05) is 0 Å². The van der Waals surface area contributed by atoms with Gasteiger partial charge in [-0.2, -0.15) is 0 Å². The van der Waals surface area contributed by atoms with Crippen molar-refractivity contribution in [2.24, 2.45) is 0 Å². The molecule has 2 atom stereocenters. The second kappa shape index (κ2) is 9.35. The molecule has 2 aliphatic heterocycles.